The van der Waals surface area contributed by atoms with Crippen LogP contribution in [0.1, 0.15) is 48.3 Å². The predicted molar refractivity (Wildman–Crippen MR) is 104 cm³/mol. The van der Waals surface area contributed by atoms with E-state index >= 15 is 0 Å². The molecule has 0 saturated heterocycles. The second-order valence-electron chi connectivity index (χ2n) is 7.34. The van der Waals surface area contributed by atoms with Crippen molar-refractivity contribution >= 4 is 5.97 Å². The Morgan fingerprint density at radius 2 is 2.00 bits per heavy atom. The number of nitrogens with one attached hydrogen (secondary N) is 1. The number of carboxylic acids is 1. The quantitative estimate of drug-likeness (QED) is 0.713. The third kappa shape index (κ3) is 4.84. The van der Waals surface area contributed by atoms with Crippen molar-refractivity contribution in [3.05, 3.63) is 40.8 Å². The highest BCUT2D eigenvalue weighted by Crippen LogP contribution is 2.30. The number of aromatic nitrogens is 1. The third-order valence-corrected chi connectivity index (χ3v) is 5.45. The maximum atomic E-state index is 11.1. The van der Waals surface area contributed by atoms with Crippen molar-refractivity contribution in [3.63, 3.8) is 0 Å². The summed E-state index contributed by atoms with van der Waals surface area (Å²) in [7, 11) is 1.63. The van der Waals surface area contributed by atoms with Crippen LogP contribution in [0.3, 0.4) is 0 Å². The molecule has 0 aliphatic heterocycles. The van der Waals surface area contributed by atoms with Crippen LogP contribution in [0, 0.1) is 19.8 Å². The molecule has 0 spiro atoms. The van der Waals surface area contributed by atoms with Crippen molar-refractivity contribution < 1.29 is 23.9 Å². The molecule has 1 aromatic carbocycles. The van der Waals surface area contributed by atoms with Crippen LogP contribution in [-0.2, 0) is 17.9 Å². The number of carboxylic acid groups (broad SMARTS) is 1. The number of carbonyl (C=O) groups is 1. The molecule has 1 saturated carbocycles. The maximum Gasteiger partial charge on any atom is 0.306 e. The van der Waals surface area contributed by atoms with Crippen LogP contribution in [0.5, 0.6) is 11.5 Å². The summed E-state index contributed by atoms with van der Waals surface area (Å²) < 4.78 is 16.6. The van der Waals surface area contributed by atoms with Gasteiger partial charge in [0.1, 0.15) is 12.4 Å². The van der Waals surface area contributed by atoms with E-state index in [1.165, 1.54) is 0 Å². The van der Waals surface area contributed by atoms with E-state index in [0.717, 1.165) is 48.3 Å². The van der Waals surface area contributed by atoms with Crippen LogP contribution >= 0.6 is 0 Å². The second kappa shape index (κ2) is 9.10. The van der Waals surface area contributed by atoms with E-state index in [-0.39, 0.29) is 5.92 Å². The largest absolute Gasteiger partial charge is 0.493 e. The van der Waals surface area contributed by atoms with Crippen LogP contribution in [0.2, 0.25) is 0 Å². The van der Waals surface area contributed by atoms with Gasteiger partial charge >= 0.3 is 5.97 Å². The number of nitrogens with zero attached hydrogens (tertiary/aromatic N) is 1. The molecule has 0 atom stereocenters. The third-order valence-electron chi connectivity index (χ3n) is 5.45. The van der Waals surface area contributed by atoms with Crippen LogP contribution < -0.4 is 14.8 Å². The predicted octanol–water partition coefficient (Wildman–Crippen LogP) is 3.61. The number of hydrogen-bond acceptors (Lipinski definition) is 6. The van der Waals surface area contributed by atoms with Gasteiger partial charge in [-0.1, -0.05) is 11.2 Å². The van der Waals surface area contributed by atoms with Gasteiger partial charge in [0, 0.05) is 12.6 Å². The summed E-state index contributed by atoms with van der Waals surface area (Å²) in [6, 6.07) is 6.26. The Kier molecular flexibility index (Phi) is 6.57. The zero-order valence-corrected chi connectivity index (χ0v) is 16.7. The first-order valence-corrected chi connectivity index (χ1v) is 9.65. The van der Waals surface area contributed by atoms with Crippen molar-refractivity contribution in [3.8, 4) is 11.5 Å². The molecule has 1 fully saturated rings. The molecule has 152 valence electrons. The zero-order valence-electron chi connectivity index (χ0n) is 16.7. The van der Waals surface area contributed by atoms with E-state index in [0.29, 0.717) is 30.7 Å². The Bertz CT molecular complexity index is 790. The standard InChI is InChI=1S/C21H28N2O5/c1-13-18(14(2)28-23-13)12-27-19-9-4-15(10-20(19)26-3)11-22-17-7-5-16(6-8-17)21(24)25/h4,9-10,16-17,22H,5-8,11-12H2,1-3H3,(H,24,25). The Hall–Kier alpha value is -2.54. The SMILES string of the molecule is COc1cc(CNC2CCC(C(=O)O)CC2)ccc1OCc1c(C)noc1C. The molecule has 0 unspecified atom stereocenters. The molecule has 0 radical (unpaired) electrons. The number of ether oxygens (including phenoxy) is 2. The molecular formula is C21H28N2O5. The first kappa shape index (κ1) is 20.2. The number of hydrogen-bond donors (Lipinski definition) is 2. The smallest absolute Gasteiger partial charge is 0.306 e. The molecule has 7 heteroatoms. The Labute approximate surface area is 165 Å². The van der Waals surface area contributed by atoms with Crippen molar-refractivity contribution in [2.75, 3.05) is 7.11 Å². The Morgan fingerprint density at radius 1 is 1.25 bits per heavy atom. The van der Waals surface area contributed by atoms with Crippen LogP contribution in [-0.4, -0.2) is 29.4 Å². The summed E-state index contributed by atoms with van der Waals surface area (Å²) in [5, 5.41) is 16.6. The van der Waals surface area contributed by atoms with E-state index in [1.54, 1.807) is 7.11 Å². The highest BCUT2D eigenvalue weighted by Gasteiger charge is 2.25. The fraction of sp³-hybridized carbons (Fsp3) is 0.524. The molecule has 7 nitrogen and oxygen atoms in total. The molecule has 2 N–H and O–H groups in total. The van der Waals surface area contributed by atoms with E-state index in [1.807, 2.05) is 32.0 Å². The van der Waals surface area contributed by atoms with Gasteiger partial charge in [0.25, 0.3) is 0 Å². The van der Waals surface area contributed by atoms with Gasteiger partial charge in [0.05, 0.1) is 24.3 Å². The summed E-state index contributed by atoms with van der Waals surface area (Å²) in [5.41, 5.74) is 2.88. The van der Waals surface area contributed by atoms with E-state index in [2.05, 4.69) is 10.5 Å². The maximum absolute atomic E-state index is 11.1. The number of aliphatic carboxylic acids is 1. The van der Waals surface area contributed by atoms with Gasteiger partial charge in [-0.2, -0.15) is 0 Å². The molecule has 3 rings (SSSR count). The van der Waals surface area contributed by atoms with Crippen LogP contribution in [0.15, 0.2) is 22.7 Å². The van der Waals surface area contributed by atoms with E-state index < -0.39 is 5.97 Å². The monoisotopic (exact) mass is 388 g/mol. The van der Waals surface area contributed by atoms with Crippen LogP contribution in [0.25, 0.3) is 0 Å². The van der Waals surface area contributed by atoms with Crippen molar-refractivity contribution in [2.24, 2.45) is 5.92 Å². The lowest BCUT2D eigenvalue weighted by molar-refractivity contribution is -0.142. The Balaban J connectivity index is 1.55. The van der Waals surface area contributed by atoms with Gasteiger partial charge < -0.3 is 24.4 Å². The number of aryl methyl sites for hydroxylation is 2. The van der Waals surface area contributed by atoms with Crippen molar-refractivity contribution in [1.29, 1.82) is 0 Å². The molecule has 1 heterocycles. The summed E-state index contributed by atoms with van der Waals surface area (Å²) in [6.07, 6.45) is 3.27. The number of benzene rings is 1. The summed E-state index contributed by atoms with van der Waals surface area (Å²) >= 11 is 0. The van der Waals surface area contributed by atoms with E-state index in [4.69, 9.17) is 19.1 Å². The van der Waals surface area contributed by atoms with Crippen molar-refractivity contribution in [1.82, 2.24) is 10.5 Å². The van der Waals surface area contributed by atoms with Gasteiger partial charge in [0.15, 0.2) is 11.5 Å². The first-order valence-electron chi connectivity index (χ1n) is 9.65. The molecule has 1 aliphatic carbocycles. The van der Waals surface area contributed by atoms with Gasteiger partial charge in [0.2, 0.25) is 0 Å². The lowest BCUT2D eigenvalue weighted by Crippen LogP contribution is -2.34. The highest BCUT2D eigenvalue weighted by molar-refractivity contribution is 5.70. The molecule has 1 aromatic heterocycles. The topological polar surface area (TPSA) is 93.8 Å². The Morgan fingerprint density at radius 3 is 2.61 bits per heavy atom. The molecule has 2 aromatic rings. The van der Waals surface area contributed by atoms with Crippen LogP contribution in [0.4, 0.5) is 0 Å². The number of methoxy groups -OCH3 is 1. The lowest BCUT2D eigenvalue weighted by Gasteiger charge is -2.27. The summed E-state index contributed by atoms with van der Waals surface area (Å²) in [6.45, 7) is 4.85. The van der Waals surface area contributed by atoms with Gasteiger partial charge in [-0.15, -0.1) is 0 Å². The second-order valence-corrected chi connectivity index (χ2v) is 7.34. The van der Waals surface area contributed by atoms with Crippen molar-refractivity contribution in [2.45, 2.75) is 58.7 Å². The summed E-state index contributed by atoms with van der Waals surface area (Å²) in [5.74, 6) is 1.26. The minimum atomic E-state index is -0.671. The minimum Gasteiger partial charge on any atom is -0.493 e. The molecule has 28 heavy (non-hydrogen) atoms. The highest BCUT2D eigenvalue weighted by atomic mass is 16.5. The lowest BCUT2D eigenvalue weighted by atomic mass is 9.86. The normalized spacial score (nSPS) is 19.4. The minimum absolute atomic E-state index is 0.188. The first-order chi connectivity index (χ1) is 13.5. The van der Waals surface area contributed by atoms with Gasteiger partial charge in [-0.25, -0.2) is 0 Å². The summed E-state index contributed by atoms with van der Waals surface area (Å²) in [4.78, 5) is 11.1. The average Bonchev–Trinajstić information content (AvgIpc) is 3.03. The average molecular weight is 388 g/mol. The molecule has 0 bridgehead atoms. The fourth-order valence-electron chi connectivity index (χ4n) is 3.61. The number of rotatable bonds is 8. The fourth-order valence-corrected chi connectivity index (χ4v) is 3.61. The molecule has 0 amide bonds. The molecular weight excluding hydrogens is 360 g/mol. The van der Waals surface area contributed by atoms with Gasteiger partial charge in [-0.3, -0.25) is 4.79 Å². The zero-order chi connectivity index (χ0) is 20.1. The van der Waals surface area contributed by atoms with E-state index in [9.17, 15) is 4.79 Å². The molecule has 1 aliphatic rings. The van der Waals surface area contributed by atoms with Gasteiger partial charge in [-0.05, 0) is 57.2 Å².